The van der Waals surface area contributed by atoms with Crippen LogP contribution in [0.15, 0.2) is 30.3 Å². The van der Waals surface area contributed by atoms with Crippen LogP contribution in [0.2, 0.25) is 0 Å². The average molecular weight is 268 g/mol. The Morgan fingerprint density at radius 3 is 2.16 bits per heavy atom. The van der Waals surface area contributed by atoms with E-state index in [0.717, 1.165) is 6.42 Å². The first-order valence-corrected chi connectivity index (χ1v) is 6.16. The number of carboxylic acid groups (broad SMARTS) is 1. The number of aliphatic carboxylic acids is 1. The van der Waals surface area contributed by atoms with Gasteiger partial charge in [0.2, 0.25) is 0 Å². The van der Waals surface area contributed by atoms with Crippen molar-refractivity contribution in [3.63, 3.8) is 0 Å². The minimum atomic E-state index is -0.745. The van der Waals surface area contributed by atoms with Crippen LogP contribution in [0.25, 0.3) is 0 Å². The Balaban J connectivity index is 0.000000555. The molecule has 5 nitrogen and oxygen atoms in total. The van der Waals surface area contributed by atoms with Gasteiger partial charge in [-0.3, -0.25) is 14.6 Å². The molecule has 0 fully saturated rings. The highest BCUT2D eigenvalue weighted by Crippen LogP contribution is 2.10. The molecule has 0 amide bonds. The van der Waals surface area contributed by atoms with E-state index in [1.54, 1.807) is 26.0 Å². The van der Waals surface area contributed by atoms with Gasteiger partial charge in [-0.1, -0.05) is 39.0 Å². The van der Waals surface area contributed by atoms with Crippen LogP contribution in [0.3, 0.4) is 0 Å². The Hall–Kier alpha value is -2.04. The standard InChI is InChI=1S/C11H14O3.C3H6O2/c1-3-9(2)11(12)14-13-10-7-5-4-6-8-10;1-2-3(4)5/h4-9H,3H2,1-2H3;2H2,1H3,(H,4,5). The van der Waals surface area contributed by atoms with E-state index in [1.165, 1.54) is 0 Å². The summed E-state index contributed by atoms with van der Waals surface area (Å²) in [5.41, 5.74) is 0. The lowest BCUT2D eigenvalue weighted by Gasteiger charge is -2.07. The van der Waals surface area contributed by atoms with Gasteiger partial charge in [0.15, 0.2) is 5.75 Å². The number of para-hydroxylation sites is 1. The molecule has 0 aliphatic heterocycles. The molecule has 0 aromatic heterocycles. The van der Waals surface area contributed by atoms with Gasteiger partial charge in [0.25, 0.3) is 0 Å². The average Bonchev–Trinajstić information content (AvgIpc) is 2.45. The van der Waals surface area contributed by atoms with Gasteiger partial charge in [-0.05, 0) is 18.6 Å². The monoisotopic (exact) mass is 268 g/mol. The SMILES string of the molecule is CCC(=O)O.CCC(C)C(=O)OOc1ccccc1. The van der Waals surface area contributed by atoms with Crippen LogP contribution in [0.5, 0.6) is 5.75 Å². The molecule has 1 aromatic rings. The Labute approximate surface area is 113 Å². The minimum Gasteiger partial charge on any atom is -0.481 e. The molecule has 5 heteroatoms. The van der Waals surface area contributed by atoms with Crippen LogP contribution >= 0.6 is 0 Å². The lowest BCUT2D eigenvalue weighted by atomic mass is 10.1. The molecule has 0 spiro atoms. The van der Waals surface area contributed by atoms with Crippen LogP contribution in [-0.4, -0.2) is 17.0 Å². The third kappa shape index (κ3) is 8.65. The third-order valence-corrected chi connectivity index (χ3v) is 2.28. The van der Waals surface area contributed by atoms with Crippen molar-refractivity contribution in [2.24, 2.45) is 5.92 Å². The van der Waals surface area contributed by atoms with Gasteiger partial charge in [0.1, 0.15) is 0 Å². The van der Waals surface area contributed by atoms with Crippen LogP contribution in [-0.2, 0) is 14.5 Å². The van der Waals surface area contributed by atoms with E-state index in [0.29, 0.717) is 5.75 Å². The summed E-state index contributed by atoms with van der Waals surface area (Å²) in [6.45, 7) is 5.33. The summed E-state index contributed by atoms with van der Waals surface area (Å²) in [7, 11) is 0. The maximum absolute atomic E-state index is 11.2. The van der Waals surface area contributed by atoms with Crippen molar-refractivity contribution in [3.05, 3.63) is 30.3 Å². The van der Waals surface area contributed by atoms with Crippen molar-refractivity contribution >= 4 is 11.9 Å². The summed E-state index contributed by atoms with van der Waals surface area (Å²) in [6, 6.07) is 8.94. The molecule has 0 bridgehead atoms. The fraction of sp³-hybridized carbons (Fsp3) is 0.429. The van der Waals surface area contributed by atoms with Crippen molar-refractivity contribution in [3.8, 4) is 5.75 Å². The van der Waals surface area contributed by atoms with Crippen LogP contribution in [0.4, 0.5) is 0 Å². The Morgan fingerprint density at radius 1 is 1.21 bits per heavy atom. The number of carboxylic acids is 1. The van der Waals surface area contributed by atoms with Gasteiger partial charge in [0.05, 0.1) is 5.92 Å². The van der Waals surface area contributed by atoms with Crippen LogP contribution in [0, 0.1) is 5.92 Å². The van der Waals surface area contributed by atoms with Gasteiger partial charge >= 0.3 is 11.9 Å². The summed E-state index contributed by atoms with van der Waals surface area (Å²) in [4.78, 5) is 30.1. The highest BCUT2D eigenvalue weighted by molar-refractivity contribution is 5.71. The lowest BCUT2D eigenvalue weighted by Crippen LogP contribution is -2.15. The minimum absolute atomic E-state index is 0.126. The van der Waals surface area contributed by atoms with Crippen LogP contribution < -0.4 is 4.89 Å². The zero-order valence-corrected chi connectivity index (χ0v) is 11.5. The molecule has 0 aliphatic carbocycles. The predicted molar refractivity (Wildman–Crippen MR) is 70.5 cm³/mol. The van der Waals surface area contributed by atoms with E-state index < -0.39 is 5.97 Å². The van der Waals surface area contributed by atoms with Crippen molar-refractivity contribution in [2.75, 3.05) is 0 Å². The predicted octanol–water partition coefficient (Wildman–Crippen LogP) is 3.05. The number of hydrogen-bond acceptors (Lipinski definition) is 4. The maximum atomic E-state index is 11.2. The Kier molecular flexibility index (Phi) is 8.87. The van der Waals surface area contributed by atoms with Gasteiger partial charge in [-0.15, -0.1) is 0 Å². The highest BCUT2D eigenvalue weighted by Gasteiger charge is 2.13. The number of hydrogen-bond donors (Lipinski definition) is 1. The first-order chi connectivity index (χ1) is 9.01. The van der Waals surface area contributed by atoms with Gasteiger partial charge < -0.3 is 5.11 Å². The highest BCUT2D eigenvalue weighted by atomic mass is 17.2. The van der Waals surface area contributed by atoms with E-state index in [1.807, 2.05) is 25.1 Å². The van der Waals surface area contributed by atoms with Crippen molar-refractivity contribution in [1.29, 1.82) is 0 Å². The molecule has 0 heterocycles. The second-order valence-electron chi connectivity index (χ2n) is 3.86. The van der Waals surface area contributed by atoms with Crippen molar-refractivity contribution in [1.82, 2.24) is 0 Å². The smallest absolute Gasteiger partial charge is 0.358 e. The topological polar surface area (TPSA) is 72.8 Å². The quantitative estimate of drug-likeness (QED) is 0.656. The maximum Gasteiger partial charge on any atom is 0.358 e. The Morgan fingerprint density at radius 2 is 1.74 bits per heavy atom. The molecule has 19 heavy (non-hydrogen) atoms. The fourth-order valence-corrected chi connectivity index (χ4v) is 0.814. The van der Waals surface area contributed by atoms with E-state index >= 15 is 0 Å². The molecule has 0 saturated carbocycles. The zero-order valence-electron chi connectivity index (χ0n) is 11.5. The number of benzene rings is 1. The van der Waals surface area contributed by atoms with Crippen molar-refractivity contribution < 1.29 is 24.5 Å². The molecular formula is C14H20O5. The lowest BCUT2D eigenvalue weighted by molar-refractivity contribution is -0.218. The molecule has 106 valence electrons. The Bertz CT molecular complexity index is 375. The number of rotatable bonds is 5. The van der Waals surface area contributed by atoms with Gasteiger partial charge in [-0.25, -0.2) is 4.79 Å². The largest absolute Gasteiger partial charge is 0.481 e. The van der Waals surface area contributed by atoms with Crippen molar-refractivity contribution in [2.45, 2.75) is 33.6 Å². The first-order valence-electron chi connectivity index (χ1n) is 6.16. The third-order valence-electron chi connectivity index (χ3n) is 2.28. The molecule has 0 radical (unpaired) electrons. The van der Waals surface area contributed by atoms with E-state index in [2.05, 4.69) is 4.89 Å². The second kappa shape index (κ2) is 9.94. The summed E-state index contributed by atoms with van der Waals surface area (Å²) < 4.78 is 0. The summed E-state index contributed by atoms with van der Waals surface area (Å²) >= 11 is 0. The van der Waals surface area contributed by atoms with E-state index in [4.69, 9.17) is 9.99 Å². The normalized spacial score (nSPS) is 10.7. The summed E-state index contributed by atoms with van der Waals surface area (Å²) in [5, 5.41) is 7.72. The first kappa shape index (κ1) is 17.0. The molecular weight excluding hydrogens is 248 g/mol. The fourth-order valence-electron chi connectivity index (χ4n) is 0.814. The van der Waals surface area contributed by atoms with Gasteiger partial charge in [-0.2, -0.15) is 0 Å². The number of carbonyl (C=O) groups is 2. The van der Waals surface area contributed by atoms with E-state index in [-0.39, 0.29) is 18.3 Å². The molecule has 1 rings (SSSR count). The second-order valence-corrected chi connectivity index (χ2v) is 3.86. The molecule has 1 N–H and O–H groups in total. The summed E-state index contributed by atoms with van der Waals surface area (Å²) in [5.74, 6) is -0.677. The van der Waals surface area contributed by atoms with E-state index in [9.17, 15) is 9.59 Å². The molecule has 0 saturated heterocycles. The molecule has 1 aromatic carbocycles. The number of carbonyl (C=O) groups excluding carboxylic acids is 1. The molecule has 0 aliphatic rings. The zero-order chi connectivity index (χ0) is 14.7. The summed E-state index contributed by atoms with van der Waals surface area (Å²) in [6.07, 6.45) is 0.969. The molecule has 1 unspecified atom stereocenters. The van der Waals surface area contributed by atoms with Crippen LogP contribution in [0.1, 0.15) is 33.6 Å². The van der Waals surface area contributed by atoms with Gasteiger partial charge in [0, 0.05) is 6.42 Å². The molecule has 1 atom stereocenters.